The standard InChI is InChI=1S/C15H11NO3/c17-15(18)11-6-7-13-12(9-11)16-14(19-13)8-10-4-2-1-3-5-10/h1-7,9H,8H2,(H,17,18). The Morgan fingerprint density at radius 3 is 2.68 bits per heavy atom. The van der Waals surface area contributed by atoms with Crippen LogP contribution in [0.1, 0.15) is 21.8 Å². The summed E-state index contributed by atoms with van der Waals surface area (Å²) in [5.74, 6) is -0.377. The van der Waals surface area contributed by atoms with Gasteiger partial charge in [-0.05, 0) is 23.8 Å². The molecule has 2 aromatic carbocycles. The lowest BCUT2D eigenvalue weighted by Crippen LogP contribution is -1.94. The van der Waals surface area contributed by atoms with E-state index in [2.05, 4.69) is 4.98 Å². The Bertz CT molecular complexity index is 731. The van der Waals surface area contributed by atoms with Crippen molar-refractivity contribution in [3.05, 3.63) is 65.5 Å². The smallest absolute Gasteiger partial charge is 0.335 e. The molecule has 3 aromatic rings. The number of hydrogen-bond donors (Lipinski definition) is 1. The predicted octanol–water partition coefficient (Wildman–Crippen LogP) is 3.12. The highest BCUT2D eigenvalue weighted by atomic mass is 16.4. The minimum Gasteiger partial charge on any atom is -0.478 e. The summed E-state index contributed by atoms with van der Waals surface area (Å²) in [4.78, 5) is 15.2. The first-order valence-electron chi connectivity index (χ1n) is 5.89. The molecule has 0 radical (unpaired) electrons. The molecule has 4 nitrogen and oxygen atoms in total. The zero-order chi connectivity index (χ0) is 13.2. The van der Waals surface area contributed by atoms with E-state index in [1.54, 1.807) is 6.07 Å². The van der Waals surface area contributed by atoms with Crippen LogP contribution in [0.15, 0.2) is 52.9 Å². The van der Waals surface area contributed by atoms with E-state index in [0.717, 1.165) is 5.56 Å². The van der Waals surface area contributed by atoms with Crippen LogP contribution in [0.2, 0.25) is 0 Å². The first-order chi connectivity index (χ1) is 9.22. The first kappa shape index (κ1) is 11.5. The largest absolute Gasteiger partial charge is 0.478 e. The second kappa shape index (κ2) is 4.57. The van der Waals surface area contributed by atoms with Crippen LogP contribution in [0.4, 0.5) is 0 Å². The van der Waals surface area contributed by atoms with E-state index in [-0.39, 0.29) is 5.56 Å². The molecule has 0 amide bonds. The van der Waals surface area contributed by atoms with Crippen molar-refractivity contribution >= 4 is 17.1 Å². The number of carbonyl (C=O) groups is 1. The summed E-state index contributed by atoms with van der Waals surface area (Å²) in [6.07, 6.45) is 0.595. The molecule has 0 saturated heterocycles. The number of nitrogens with zero attached hydrogens (tertiary/aromatic N) is 1. The van der Waals surface area contributed by atoms with Crippen LogP contribution in [-0.2, 0) is 6.42 Å². The Kier molecular flexibility index (Phi) is 2.76. The Labute approximate surface area is 109 Å². The third-order valence-electron chi connectivity index (χ3n) is 2.88. The summed E-state index contributed by atoms with van der Waals surface area (Å²) < 4.78 is 5.60. The van der Waals surface area contributed by atoms with E-state index in [0.29, 0.717) is 23.4 Å². The fourth-order valence-electron chi connectivity index (χ4n) is 1.95. The van der Waals surface area contributed by atoms with Gasteiger partial charge in [0.05, 0.1) is 5.56 Å². The number of oxazole rings is 1. The molecule has 0 atom stereocenters. The lowest BCUT2D eigenvalue weighted by atomic mass is 10.1. The Morgan fingerprint density at radius 1 is 1.16 bits per heavy atom. The average Bonchev–Trinajstić information content (AvgIpc) is 2.80. The van der Waals surface area contributed by atoms with Crippen molar-refractivity contribution in [2.45, 2.75) is 6.42 Å². The summed E-state index contributed by atoms with van der Waals surface area (Å²) >= 11 is 0. The van der Waals surface area contributed by atoms with Crippen LogP contribution in [-0.4, -0.2) is 16.1 Å². The van der Waals surface area contributed by atoms with E-state index in [1.807, 2.05) is 30.3 Å². The SMILES string of the molecule is O=C(O)c1ccc2oc(Cc3ccccc3)nc2c1. The molecule has 19 heavy (non-hydrogen) atoms. The Morgan fingerprint density at radius 2 is 1.95 bits per heavy atom. The number of carboxylic acids is 1. The quantitative estimate of drug-likeness (QED) is 0.779. The fraction of sp³-hybridized carbons (Fsp3) is 0.0667. The number of fused-ring (bicyclic) bond motifs is 1. The van der Waals surface area contributed by atoms with Gasteiger partial charge in [-0.2, -0.15) is 0 Å². The third kappa shape index (κ3) is 2.33. The number of aromatic nitrogens is 1. The summed E-state index contributed by atoms with van der Waals surface area (Å²) in [5, 5.41) is 8.93. The molecule has 4 heteroatoms. The summed E-state index contributed by atoms with van der Waals surface area (Å²) in [6.45, 7) is 0. The van der Waals surface area contributed by atoms with Gasteiger partial charge in [0, 0.05) is 6.42 Å². The molecule has 1 aromatic heterocycles. The van der Waals surface area contributed by atoms with Gasteiger partial charge in [0.15, 0.2) is 11.5 Å². The van der Waals surface area contributed by atoms with Gasteiger partial charge >= 0.3 is 5.97 Å². The number of benzene rings is 2. The maximum Gasteiger partial charge on any atom is 0.335 e. The number of rotatable bonds is 3. The molecule has 0 aliphatic heterocycles. The molecule has 0 fully saturated rings. The van der Waals surface area contributed by atoms with E-state index in [4.69, 9.17) is 9.52 Å². The molecular weight excluding hydrogens is 242 g/mol. The van der Waals surface area contributed by atoms with Crippen LogP contribution >= 0.6 is 0 Å². The van der Waals surface area contributed by atoms with Crippen molar-refractivity contribution in [2.24, 2.45) is 0 Å². The second-order valence-electron chi connectivity index (χ2n) is 4.26. The first-order valence-corrected chi connectivity index (χ1v) is 5.89. The molecule has 0 aliphatic rings. The van der Waals surface area contributed by atoms with E-state index >= 15 is 0 Å². The maximum absolute atomic E-state index is 10.9. The van der Waals surface area contributed by atoms with Crippen LogP contribution in [0, 0.1) is 0 Å². The molecule has 0 aliphatic carbocycles. The normalized spacial score (nSPS) is 10.7. The highest BCUT2D eigenvalue weighted by molar-refractivity contribution is 5.91. The summed E-state index contributed by atoms with van der Waals surface area (Å²) in [7, 11) is 0. The van der Waals surface area contributed by atoms with Gasteiger partial charge in [-0.15, -0.1) is 0 Å². The molecule has 0 saturated carbocycles. The molecule has 94 valence electrons. The highest BCUT2D eigenvalue weighted by Crippen LogP contribution is 2.19. The monoisotopic (exact) mass is 253 g/mol. The number of hydrogen-bond acceptors (Lipinski definition) is 3. The molecule has 0 bridgehead atoms. The van der Waals surface area contributed by atoms with Gasteiger partial charge in [-0.3, -0.25) is 0 Å². The fourth-order valence-corrected chi connectivity index (χ4v) is 1.95. The van der Waals surface area contributed by atoms with Crippen molar-refractivity contribution in [3.8, 4) is 0 Å². The zero-order valence-corrected chi connectivity index (χ0v) is 10.0. The van der Waals surface area contributed by atoms with Gasteiger partial charge in [-0.25, -0.2) is 9.78 Å². The zero-order valence-electron chi connectivity index (χ0n) is 10.0. The van der Waals surface area contributed by atoms with Crippen molar-refractivity contribution in [1.82, 2.24) is 4.98 Å². The van der Waals surface area contributed by atoms with E-state index in [1.165, 1.54) is 12.1 Å². The average molecular weight is 253 g/mol. The van der Waals surface area contributed by atoms with Crippen LogP contribution in [0.25, 0.3) is 11.1 Å². The number of aromatic carboxylic acids is 1. The molecule has 0 spiro atoms. The van der Waals surface area contributed by atoms with Gasteiger partial charge in [-0.1, -0.05) is 30.3 Å². The van der Waals surface area contributed by atoms with Crippen LogP contribution < -0.4 is 0 Å². The minimum absolute atomic E-state index is 0.215. The topological polar surface area (TPSA) is 63.3 Å². The van der Waals surface area contributed by atoms with Crippen molar-refractivity contribution in [3.63, 3.8) is 0 Å². The lowest BCUT2D eigenvalue weighted by Gasteiger charge is -1.94. The third-order valence-corrected chi connectivity index (χ3v) is 2.88. The van der Waals surface area contributed by atoms with Crippen molar-refractivity contribution in [2.75, 3.05) is 0 Å². The lowest BCUT2D eigenvalue weighted by molar-refractivity contribution is 0.0697. The second-order valence-corrected chi connectivity index (χ2v) is 4.26. The summed E-state index contributed by atoms with van der Waals surface area (Å²) in [6, 6.07) is 14.5. The minimum atomic E-state index is -0.963. The number of carboxylic acid groups (broad SMARTS) is 1. The molecule has 1 heterocycles. The predicted molar refractivity (Wildman–Crippen MR) is 70.2 cm³/mol. The van der Waals surface area contributed by atoms with Crippen molar-refractivity contribution < 1.29 is 14.3 Å². The molecule has 1 N–H and O–H groups in total. The Balaban J connectivity index is 1.95. The van der Waals surface area contributed by atoms with Gasteiger partial charge < -0.3 is 9.52 Å². The van der Waals surface area contributed by atoms with E-state index < -0.39 is 5.97 Å². The van der Waals surface area contributed by atoms with Gasteiger partial charge in [0.1, 0.15) is 5.52 Å². The molecule has 3 rings (SSSR count). The maximum atomic E-state index is 10.9. The molecular formula is C15H11NO3. The molecule has 0 unspecified atom stereocenters. The van der Waals surface area contributed by atoms with E-state index in [9.17, 15) is 4.79 Å². The Hall–Kier alpha value is -2.62. The van der Waals surface area contributed by atoms with Gasteiger partial charge in [0.25, 0.3) is 0 Å². The van der Waals surface area contributed by atoms with Crippen LogP contribution in [0.5, 0.6) is 0 Å². The highest BCUT2D eigenvalue weighted by Gasteiger charge is 2.09. The van der Waals surface area contributed by atoms with Crippen molar-refractivity contribution in [1.29, 1.82) is 0 Å². The summed E-state index contributed by atoms with van der Waals surface area (Å²) in [5.41, 5.74) is 2.50. The van der Waals surface area contributed by atoms with Crippen LogP contribution in [0.3, 0.4) is 0 Å². The van der Waals surface area contributed by atoms with Gasteiger partial charge in [0.2, 0.25) is 0 Å².